The number of unbranched alkanes of at least 4 members (excludes halogenated alkanes) is 1. The molecule has 1 N–H and O–H groups in total. The monoisotopic (exact) mass is 507 g/mol. The van der Waals surface area contributed by atoms with E-state index in [4.69, 9.17) is 11.6 Å². The van der Waals surface area contributed by atoms with Crippen LogP contribution < -0.4 is 9.62 Å². The molecule has 0 bridgehead atoms. The average molecular weight is 508 g/mol. The number of nitrogens with one attached hydrogen (secondary N) is 1. The molecule has 0 saturated heterocycles. The maximum Gasteiger partial charge on any atom is 0.244 e. The Morgan fingerprint density at radius 1 is 1.09 bits per heavy atom. The van der Waals surface area contributed by atoms with Gasteiger partial charge in [0.05, 0.1) is 11.9 Å². The van der Waals surface area contributed by atoms with Crippen LogP contribution in [0.5, 0.6) is 0 Å². The molecule has 0 radical (unpaired) electrons. The first-order valence-corrected chi connectivity index (χ1v) is 13.5. The van der Waals surface area contributed by atoms with Gasteiger partial charge in [0.25, 0.3) is 0 Å². The number of rotatable bonds is 11. The molecular formula is C25H34ClN3O4S. The molecule has 1 atom stereocenters. The summed E-state index contributed by atoms with van der Waals surface area (Å²) in [5, 5.41) is 3.23. The van der Waals surface area contributed by atoms with Gasteiger partial charge in [-0.3, -0.25) is 13.9 Å². The van der Waals surface area contributed by atoms with Crippen LogP contribution in [0.3, 0.4) is 0 Å². The Morgan fingerprint density at radius 3 is 2.32 bits per heavy atom. The van der Waals surface area contributed by atoms with Crippen LogP contribution in [0.2, 0.25) is 5.02 Å². The molecule has 2 rings (SSSR count). The standard InChI is InChI=1S/C25H34ClN3O4S/c1-6-7-14-27-25(31)20(4)28(16-21-11-8-18(2)9-12-21)24(30)17-29(34(5,32)33)23-15-22(26)13-10-19(23)3/h8-13,15,20H,6-7,14,16-17H2,1-5H3,(H,27,31)/t20-/m0/s1. The largest absolute Gasteiger partial charge is 0.354 e. The third-order valence-electron chi connectivity index (χ3n) is 5.59. The maximum absolute atomic E-state index is 13.5. The Bertz CT molecular complexity index is 1100. The fraction of sp³-hybridized carbons (Fsp3) is 0.440. The van der Waals surface area contributed by atoms with E-state index in [-0.39, 0.29) is 12.5 Å². The second-order valence-corrected chi connectivity index (χ2v) is 10.9. The quantitative estimate of drug-likeness (QED) is 0.465. The van der Waals surface area contributed by atoms with Crippen molar-refractivity contribution in [3.05, 3.63) is 64.2 Å². The lowest BCUT2D eigenvalue weighted by molar-refractivity contribution is -0.139. The van der Waals surface area contributed by atoms with Crippen LogP contribution in [0.25, 0.3) is 0 Å². The first-order valence-electron chi connectivity index (χ1n) is 11.3. The lowest BCUT2D eigenvalue weighted by Gasteiger charge is -2.32. The first-order chi connectivity index (χ1) is 15.9. The van der Waals surface area contributed by atoms with Crippen LogP contribution >= 0.6 is 11.6 Å². The number of nitrogens with zero attached hydrogens (tertiary/aromatic N) is 2. The summed E-state index contributed by atoms with van der Waals surface area (Å²) in [6, 6.07) is 11.8. The molecule has 186 valence electrons. The van der Waals surface area contributed by atoms with Gasteiger partial charge in [-0.05, 0) is 50.5 Å². The highest BCUT2D eigenvalue weighted by molar-refractivity contribution is 7.92. The van der Waals surface area contributed by atoms with E-state index in [1.165, 1.54) is 11.0 Å². The van der Waals surface area contributed by atoms with E-state index >= 15 is 0 Å². The lowest BCUT2D eigenvalue weighted by atomic mass is 10.1. The van der Waals surface area contributed by atoms with E-state index in [1.807, 2.05) is 38.1 Å². The smallest absolute Gasteiger partial charge is 0.244 e. The van der Waals surface area contributed by atoms with Gasteiger partial charge < -0.3 is 10.2 Å². The van der Waals surface area contributed by atoms with E-state index in [0.29, 0.717) is 22.8 Å². The molecule has 0 aliphatic rings. The van der Waals surface area contributed by atoms with Gasteiger partial charge >= 0.3 is 0 Å². The van der Waals surface area contributed by atoms with Crippen molar-refractivity contribution < 1.29 is 18.0 Å². The Balaban J connectivity index is 2.38. The summed E-state index contributed by atoms with van der Waals surface area (Å²) in [7, 11) is -3.80. The minimum absolute atomic E-state index is 0.174. The first kappa shape index (κ1) is 27.7. The van der Waals surface area contributed by atoms with E-state index < -0.39 is 28.5 Å². The highest BCUT2D eigenvalue weighted by Gasteiger charge is 2.30. The van der Waals surface area contributed by atoms with Gasteiger partial charge in [-0.1, -0.05) is 60.8 Å². The van der Waals surface area contributed by atoms with Crippen molar-refractivity contribution in [2.45, 2.75) is 53.1 Å². The van der Waals surface area contributed by atoms with Crippen molar-refractivity contribution in [3.63, 3.8) is 0 Å². The van der Waals surface area contributed by atoms with Gasteiger partial charge in [-0.2, -0.15) is 0 Å². The van der Waals surface area contributed by atoms with Crippen molar-refractivity contribution >= 4 is 39.1 Å². The molecule has 0 unspecified atom stereocenters. The van der Waals surface area contributed by atoms with E-state index in [1.54, 1.807) is 26.0 Å². The number of hydrogen-bond acceptors (Lipinski definition) is 4. The van der Waals surface area contributed by atoms with Crippen LogP contribution in [0.1, 0.15) is 43.4 Å². The summed E-state index contributed by atoms with van der Waals surface area (Å²) in [6.07, 6.45) is 2.81. The third kappa shape index (κ3) is 7.74. The molecule has 0 fully saturated rings. The predicted octanol–water partition coefficient (Wildman–Crippen LogP) is 4.06. The molecule has 34 heavy (non-hydrogen) atoms. The van der Waals surface area contributed by atoms with Gasteiger partial charge in [0, 0.05) is 18.1 Å². The number of benzene rings is 2. The van der Waals surface area contributed by atoms with Crippen LogP contribution in [0, 0.1) is 13.8 Å². The van der Waals surface area contributed by atoms with Crippen LogP contribution in [-0.4, -0.2) is 50.5 Å². The van der Waals surface area contributed by atoms with Gasteiger partial charge in [0.1, 0.15) is 12.6 Å². The van der Waals surface area contributed by atoms with Crippen LogP contribution in [0.4, 0.5) is 5.69 Å². The maximum atomic E-state index is 13.5. The molecule has 2 aromatic rings. The molecule has 7 nitrogen and oxygen atoms in total. The number of anilines is 1. The number of hydrogen-bond donors (Lipinski definition) is 1. The number of halogens is 1. The average Bonchev–Trinajstić information content (AvgIpc) is 2.77. The molecule has 0 aromatic heterocycles. The van der Waals surface area contributed by atoms with Crippen LogP contribution in [0.15, 0.2) is 42.5 Å². The third-order valence-corrected chi connectivity index (χ3v) is 6.95. The number of aryl methyl sites for hydroxylation is 2. The predicted molar refractivity (Wildman–Crippen MR) is 137 cm³/mol. The molecule has 2 amide bonds. The molecule has 9 heteroatoms. The van der Waals surface area contributed by atoms with E-state index in [9.17, 15) is 18.0 Å². The van der Waals surface area contributed by atoms with Gasteiger partial charge in [0.15, 0.2) is 0 Å². The highest BCUT2D eigenvalue weighted by Crippen LogP contribution is 2.26. The normalized spacial score (nSPS) is 12.2. The van der Waals surface area contributed by atoms with E-state index in [0.717, 1.165) is 34.5 Å². The van der Waals surface area contributed by atoms with Crippen molar-refractivity contribution in [1.29, 1.82) is 0 Å². The minimum Gasteiger partial charge on any atom is -0.354 e. The molecule has 2 aromatic carbocycles. The fourth-order valence-electron chi connectivity index (χ4n) is 3.45. The second-order valence-electron chi connectivity index (χ2n) is 8.53. The Morgan fingerprint density at radius 2 is 1.74 bits per heavy atom. The Labute approximate surface area is 208 Å². The summed E-state index contributed by atoms with van der Waals surface area (Å²) in [5.74, 6) is -0.762. The van der Waals surface area contributed by atoms with Crippen molar-refractivity contribution in [1.82, 2.24) is 10.2 Å². The number of carbonyl (C=O) groups excluding carboxylic acids is 2. The molecule has 0 heterocycles. The van der Waals surface area contributed by atoms with E-state index in [2.05, 4.69) is 5.32 Å². The zero-order valence-corrected chi connectivity index (χ0v) is 22.0. The van der Waals surface area contributed by atoms with Crippen molar-refractivity contribution in [2.75, 3.05) is 23.7 Å². The minimum atomic E-state index is -3.80. The molecular weight excluding hydrogens is 474 g/mol. The van der Waals surface area contributed by atoms with Crippen molar-refractivity contribution in [2.24, 2.45) is 0 Å². The summed E-state index contributed by atoms with van der Waals surface area (Å²) in [6.45, 7) is 7.65. The lowest BCUT2D eigenvalue weighted by Crippen LogP contribution is -2.51. The number of carbonyl (C=O) groups is 2. The summed E-state index contributed by atoms with van der Waals surface area (Å²) in [4.78, 5) is 27.7. The Hall–Kier alpha value is -2.58. The van der Waals surface area contributed by atoms with Crippen molar-refractivity contribution in [3.8, 4) is 0 Å². The second kappa shape index (κ2) is 12.2. The van der Waals surface area contributed by atoms with Gasteiger partial charge in [0.2, 0.25) is 21.8 Å². The highest BCUT2D eigenvalue weighted by atomic mass is 35.5. The molecule has 0 aliphatic heterocycles. The molecule has 0 saturated carbocycles. The number of sulfonamides is 1. The molecule has 0 aliphatic carbocycles. The summed E-state index contributed by atoms with van der Waals surface area (Å²) >= 11 is 6.11. The fourth-order valence-corrected chi connectivity index (χ4v) is 4.52. The zero-order valence-electron chi connectivity index (χ0n) is 20.5. The van der Waals surface area contributed by atoms with Crippen LogP contribution in [-0.2, 0) is 26.2 Å². The SMILES string of the molecule is CCCCNC(=O)[C@H](C)N(Cc1ccc(C)cc1)C(=O)CN(c1cc(Cl)ccc1C)S(C)(=O)=O. The van der Waals surface area contributed by atoms with Gasteiger partial charge in [-0.25, -0.2) is 8.42 Å². The van der Waals surface area contributed by atoms with Gasteiger partial charge in [-0.15, -0.1) is 0 Å². The summed E-state index contributed by atoms with van der Waals surface area (Å²) in [5.41, 5.74) is 2.92. The Kier molecular flexibility index (Phi) is 9.94. The topological polar surface area (TPSA) is 86.8 Å². The number of amides is 2. The molecule has 0 spiro atoms. The summed E-state index contributed by atoms with van der Waals surface area (Å²) < 4.78 is 26.4. The zero-order chi connectivity index (χ0) is 25.5.